The lowest BCUT2D eigenvalue weighted by atomic mass is 10.0. The Hall–Kier alpha value is -1.68. The molecule has 1 aliphatic heterocycles. The molecule has 0 aliphatic carbocycles. The molecular formula is C14H17N3O. The van der Waals surface area contributed by atoms with Gasteiger partial charge < -0.3 is 9.30 Å². The van der Waals surface area contributed by atoms with Gasteiger partial charge in [0, 0.05) is 24.7 Å². The van der Waals surface area contributed by atoms with E-state index in [0.29, 0.717) is 11.5 Å². The molecule has 1 saturated heterocycles. The molecule has 18 heavy (non-hydrogen) atoms. The summed E-state index contributed by atoms with van der Waals surface area (Å²) in [6.07, 6.45) is 6.86. The molecule has 3 rings (SSSR count). The standard InChI is InChI=1S/C14H17N3O/c1-16-5-4-11(8-16)6-14-15-7-13-3-2-12(10-18)9-17(13)14/h2-3,7,9-11H,4-6,8H2,1H3. The fourth-order valence-electron chi connectivity index (χ4n) is 2.73. The van der Waals surface area contributed by atoms with Crippen LogP contribution in [-0.4, -0.2) is 40.7 Å². The first-order chi connectivity index (χ1) is 8.76. The third-order valence-electron chi connectivity index (χ3n) is 3.72. The van der Waals surface area contributed by atoms with Gasteiger partial charge in [0.25, 0.3) is 0 Å². The van der Waals surface area contributed by atoms with Gasteiger partial charge in [0.1, 0.15) is 5.82 Å². The lowest BCUT2D eigenvalue weighted by molar-refractivity contribution is 0.112. The van der Waals surface area contributed by atoms with Gasteiger partial charge in [0.2, 0.25) is 0 Å². The van der Waals surface area contributed by atoms with Crippen molar-refractivity contribution in [2.24, 2.45) is 5.92 Å². The van der Waals surface area contributed by atoms with E-state index < -0.39 is 0 Å². The number of likely N-dealkylation sites (tertiary alicyclic amines) is 1. The molecule has 4 nitrogen and oxygen atoms in total. The highest BCUT2D eigenvalue weighted by Crippen LogP contribution is 2.20. The highest BCUT2D eigenvalue weighted by atomic mass is 16.1. The molecule has 0 amide bonds. The highest BCUT2D eigenvalue weighted by Gasteiger charge is 2.21. The van der Waals surface area contributed by atoms with Crippen LogP contribution in [0.5, 0.6) is 0 Å². The van der Waals surface area contributed by atoms with Gasteiger partial charge in [-0.15, -0.1) is 0 Å². The molecular weight excluding hydrogens is 226 g/mol. The predicted octanol–water partition coefficient (Wildman–Crippen LogP) is 1.64. The van der Waals surface area contributed by atoms with Crippen molar-refractivity contribution in [3.63, 3.8) is 0 Å². The number of nitrogens with zero attached hydrogens (tertiary/aromatic N) is 3. The van der Waals surface area contributed by atoms with Crippen LogP contribution < -0.4 is 0 Å². The Morgan fingerprint density at radius 2 is 2.39 bits per heavy atom. The zero-order chi connectivity index (χ0) is 12.5. The maximum Gasteiger partial charge on any atom is 0.151 e. The Bertz CT molecular complexity index is 575. The highest BCUT2D eigenvalue weighted by molar-refractivity contribution is 5.75. The third kappa shape index (κ3) is 2.04. The number of rotatable bonds is 3. The predicted molar refractivity (Wildman–Crippen MR) is 69.9 cm³/mol. The van der Waals surface area contributed by atoms with Crippen LogP contribution in [0.1, 0.15) is 22.6 Å². The van der Waals surface area contributed by atoms with Gasteiger partial charge in [-0.1, -0.05) is 0 Å². The molecule has 94 valence electrons. The second kappa shape index (κ2) is 4.53. The Morgan fingerprint density at radius 1 is 1.50 bits per heavy atom. The Kier molecular flexibility index (Phi) is 2.88. The molecule has 0 aromatic carbocycles. The number of hydrogen-bond donors (Lipinski definition) is 0. The van der Waals surface area contributed by atoms with Gasteiger partial charge in [-0.05, 0) is 38.1 Å². The fraction of sp³-hybridized carbons (Fsp3) is 0.429. The minimum atomic E-state index is 0.681. The molecule has 0 bridgehead atoms. The molecule has 2 aromatic heterocycles. The number of pyridine rings is 1. The summed E-state index contributed by atoms with van der Waals surface area (Å²) in [5, 5.41) is 0. The van der Waals surface area contributed by atoms with Crippen LogP contribution in [-0.2, 0) is 6.42 Å². The number of aldehydes is 1. The average Bonchev–Trinajstić information content (AvgIpc) is 2.96. The van der Waals surface area contributed by atoms with E-state index in [9.17, 15) is 4.79 Å². The molecule has 0 radical (unpaired) electrons. The third-order valence-corrected chi connectivity index (χ3v) is 3.72. The van der Waals surface area contributed by atoms with Crippen molar-refractivity contribution in [2.45, 2.75) is 12.8 Å². The fourth-order valence-corrected chi connectivity index (χ4v) is 2.73. The Labute approximate surface area is 106 Å². The zero-order valence-electron chi connectivity index (χ0n) is 10.5. The molecule has 3 heterocycles. The van der Waals surface area contributed by atoms with E-state index in [1.54, 1.807) is 0 Å². The van der Waals surface area contributed by atoms with Gasteiger partial charge in [0.15, 0.2) is 6.29 Å². The summed E-state index contributed by atoms with van der Waals surface area (Å²) in [7, 11) is 2.16. The van der Waals surface area contributed by atoms with Crippen molar-refractivity contribution >= 4 is 11.8 Å². The summed E-state index contributed by atoms with van der Waals surface area (Å²) in [4.78, 5) is 17.7. The SMILES string of the molecule is CN1CCC(Cc2ncc3ccc(C=O)cn23)C1. The number of carbonyl (C=O) groups excluding carboxylic acids is 1. The number of fused-ring (bicyclic) bond motifs is 1. The van der Waals surface area contributed by atoms with Gasteiger partial charge >= 0.3 is 0 Å². The summed E-state index contributed by atoms with van der Waals surface area (Å²) in [6.45, 7) is 2.32. The van der Waals surface area contributed by atoms with Crippen LogP contribution in [0.15, 0.2) is 24.5 Å². The number of aromatic nitrogens is 2. The summed E-state index contributed by atoms with van der Waals surface area (Å²) in [6, 6.07) is 3.78. The zero-order valence-corrected chi connectivity index (χ0v) is 10.5. The van der Waals surface area contributed by atoms with Crippen molar-refractivity contribution < 1.29 is 4.79 Å². The van der Waals surface area contributed by atoms with E-state index in [1.165, 1.54) is 13.0 Å². The molecule has 0 spiro atoms. The second-order valence-corrected chi connectivity index (χ2v) is 5.17. The summed E-state index contributed by atoms with van der Waals surface area (Å²) >= 11 is 0. The molecule has 1 aliphatic rings. The maximum absolute atomic E-state index is 10.8. The van der Waals surface area contributed by atoms with Crippen molar-refractivity contribution in [3.05, 3.63) is 35.9 Å². The van der Waals surface area contributed by atoms with Gasteiger partial charge in [-0.3, -0.25) is 4.79 Å². The maximum atomic E-state index is 10.8. The van der Waals surface area contributed by atoms with E-state index in [0.717, 1.165) is 30.6 Å². The molecule has 1 atom stereocenters. The van der Waals surface area contributed by atoms with Gasteiger partial charge in [0.05, 0.1) is 11.7 Å². The van der Waals surface area contributed by atoms with Crippen LogP contribution >= 0.6 is 0 Å². The first kappa shape index (κ1) is 11.4. The molecule has 0 saturated carbocycles. The quantitative estimate of drug-likeness (QED) is 0.769. The minimum absolute atomic E-state index is 0.681. The molecule has 0 N–H and O–H groups in total. The normalized spacial score (nSPS) is 20.6. The first-order valence-electron chi connectivity index (χ1n) is 6.36. The number of imidazole rings is 1. The lowest BCUT2D eigenvalue weighted by Crippen LogP contribution is -2.15. The average molecular weight is 243 g/mol. The lowest BCUT2D eigenvalue weighted by Gasteiger charge is -2.09. The summed E-state index contributed by atoms with van der Waals surface area (Å²) < 4.78 is 2.04. The summed E-state index contributed by atoms with van der Waals surface area (Å²) in [5.74, 6) is 1.74. The van der Waals surface area contributed by atoms with E-state index >= 15 is 0 Å². The van der Waals surface area contributed by atoms with Crippen molar-refractivity contribution in [1.82, 2.24) is 14.3 Å². The van der Waals surface area contributed by atoms with Crippen molar-refractivity contribution in [1.29, 1.82) is 0 Å². The van der Waals surface area contributed by atoms with E-state index in [1.807, 2.05) is 28.9 Å². The van der Waals surface area contributed by atoms with E-state index in [4.69, 9.17) is 0 Å². The van der Waals surface area contributed by atoms with Crippen LogP contribution in [0.4, 0.5) is 0 Å². The van der Waals surface area contributed by atoms with Gasteiger partial charge in [-0.2, -0.15) is 0 Å². The van der Waals surface area contributed by atoms with E-state index in [-0.39, 0.29) is 0 Å². The van der Waals surface area contributed by atoms with E-state index in [2.05, 4.69) is 16.9 Å². The molecule has 4 heteroatoms. The first-order valence-corrected chi connectivity index (χ1v) is 6.36. The topological polar surface area (TPSA) is 37.6 Å². The van der Waals surface area contributed by atoms with Crippen LogP contribution in [0, 0.1) is 5.92 Å². The van der Waals surface area contributed by atoms with Crippen molar-refractivity contribution in [2.75, 3.05) is 20.1 Å². The molecule has 1 fully saturated rings. The molecule has 1 unspecified atom stereocenters. The van der Waals surface area contributed by atoms with Crippen LogP contribution in [0.2, 0.25) is 0 Å². The van der Waals surface area contributed by atoms with Crippen molar-refractivity contribution in [3.8, 4) is 0 Å². The smallest absolute Gasteiger partial charge is 0.151 e. The number of hydrogen-bond acceptors (Lipinski definition) is 3. The largest absolute Gasteiger partial charge is 0.306 e. The summed E-state index contributed by atoms with van der Waals surface area (Å²) in [5.41, 5.74) is 1.76. The molecule has 2 aromatic rings. The Balaban J connectivity index is 1.89. The van der Waals surface area contributed by atoms with Crippen LogP contribution in [0.3, 0.4) is 0 Å². The van der Waals surface area contributed by atoms with Crippen LogP contribution in [0.25, 0.3) is 5.52 Å². The minimum Gasteiger partial charge on any atom is -0.306 e. The number of carbonyl (C=O) groups is 1. The second-order valence-electron chi connectivity index (χ2n) is 5.17. The monoisotopic (exact) mass is 243 g/mol. The van der Waals surface area contributed by atoms with Gasteiger partial charge in [-0.25, -0.2) is 4.98 Å². The Morgan fingerprint density at radius 3 is 3.11 bits per heavy atom.